The molecule has 1 amide bonds. The summed E-state index contributed by atoms with van der Waals surface area (Å²) in [5.41, 5.74) is 0.821. The summed E-state index contributed by atoms with van der Waals surface area (Å²) in [5, 5.41) is 9.29. The quantitative estimate of drug-likeness (QED) is 0.630. The Morgan fingerprint density at radius 3 is 2.33 bits per heavy atom. The SMILES string of the molecule is CC(=O)c1ccc(N2CCN(C(=O)CSc3ccc(O)cc3)CC2)c(F)c1. The van der Waals surface area contributed by atoms with Crippen molar-refractivity contribution in [2.75, 3.05) is 36.8 Å². The highest BCUT2D eigenvalue weighted by atomic mass is 32.2. The van der Waals surface area contributed by atoms with Crippen molar-refractivity contribution in [1.29, 1.82) is 0 Å². The number of carbonyl (C=O) groups excluding carboxylic acids is 2. The molecule has 1 aliphatic heterocycles. The van der Waals surface area contributed by atoms with Crippen molar-refractivity contribution < 1.29 is 19.1 Å². The Bertz CT molecular complexity index is 834. The maximum absolute atomic E-state index is 14.3. The van der Waals surface area contributed by atoms with Crippen LogP contribution in [0.15, 0.2) is 47.4 Å². The van der Waals surface area contributed by atoms with Gasteiger partial charge in [-0.2, -0.15) is 0 Å². The number of anilines is 1. The first-order valence-electron chi connectivity index (χ1n) is 8.69. The predicted octanol–water partition coefficient (Wildman–Crippen LogP) is 3.17. The third-order valence-corrected chi connectivity index (χ3v) is 5.52. The van der Waals surface area contributed by atoms with E-state index in [4.69, 9.17) is 0 Å². The molecule has 1 aliphatic rings. The molecule has 0 aromatic heterocycles. The molecule has 0 unspecified atom stereocenters. The van der Waals surface area contributed by atoms with Crippen LogP contribution in [0, 0.1) is 5.82 Å². The minimum absolute atomic E-state index is 0.0418. The topological polar surface area (TPSA) is 60.9 Å². The van der Waals surface area contributed by atoms with Crippen LogP contribution in [0.1, 0.15) is 17.3 Å². The highest BCUT2D eigenvalue weighted by molar-refractivity contribution is 8.00. The van der Waals surface area contributed by atoms with E-state index in [1.807, 2.05) is 4.90 Å². The number of ketones is 1. The number of halogens is 1. The molecule has 0 bridgehead atoms. The lowest BCUT2D eigenvalue weighted by Crippen LogP contribution is -2.49. The van der Waals surface area contributed by atoms with Crippen molar-refractivity contribution in [2.45, 2.75) is 11.8 Å². The lowest BCUT2D eigenvalue weighted by Gasteiger charge is -2.36. The van der Waals surface area contributed by atoms with Crippen LogP contribution in [-0.2, 0) is 4.79 Å². The Balaban J connectivity index is 1.53. The lowest BCUT2D eigenvalue weighted by atomic mass is 10.1. The average Bonchev–Trinajstić information content (AvgIpc) is 2.67. The van der Waals surface area contributed by atoms with Gasteiger partial charge >= 0.3 is 0 Å². The second-order valence-corrected chi connectivity index (χ2v) is 7.42. The van der Waals surface area contributed by atoms with E-state index in [1.54, 1.807) is 41.3 Å². The molecule has 5 nitrogen and oxygen atoms in total. The van der Waals surface area contributed by atoms with E-state index in [9.17, 15) is 19.1 Å². The third kappa shape index (κ3) is 4.80. The summed E-state index contributed by atoms with van der Waals surface area (Å²) in [6, 6.07) is 11.3. The van der Waals surface area contributed by atoms with E-state index < -0.39 is 5.82 Å². The number of nitrogens with zero attached hydrogens (tertiary/aromatic N) is 2. The Kier molecular flexibility index (Phi) is 6.01. The Morgan fingerprint density at radius 2 is 1.74 bits per heavy atom. The van der Waals surface area contributed by atoms with Crippen molar-refractivity contribution in [1.82, 2.24) is 4.90 Å². The Morgan fingerprint density at radius 1 is 1.07 bits per heavy atom. The summed E-state index contributed by atoms with van der Waals surface area (Å²) in [6.07, 6.45) is 0. The molecule has 27 heavy (non-hydrogen) atoms. The van der Waals surface area contributed by atoms with Crippen molar-refractivity contribution in [3.8, 4) is 5.75 Å². The van der Waals surface area contributed by atoms with Crippen LogP contribution in [0.4, 0.5) is 10.1 Å². The molecule has 1 fully saturated rings. The zero-order chi connectivity index (χ0) is 19.4. The molecule has 142 valence electrons. The van der Waals surface area contributed by atoms with Gasteiger partial charge in [-0.05, 0) is 49.4 Å². The second kappa shape index (κ2) is 8.43. The fraction of sp³-hybridized carbons (Fsp3) is 0.300. The van der Waals surface area contributed by atoms with Crippen molar-refractivity contribution in [3.63, 3.8) is 0 Å². The van der Waals surface area contributed by atoms with Crippen molar-refractivity contribution >= 4 is 29.1 Å². The van der Waals surface area contributed by atoms with Crippen LogP contribution in [0.2, 0.25) is 0 Å². The number of piperazine rings is 1. The predicted molar refractivity (Wildman–Crippen MR) is 104 cm³/mol. The van der Waals surface area contributed by atoms with Gasteiger partial charge in [0.1, 0.15) is 11.6 Å². The van der Waals surface area contributed by atoms with Gasteiger partial charge in [0.2, 0.25) is 5.91 Å². The minimum Gasteiger partial charge on any atom is -0.508 e. The number of phenolic OH excluding ortho intramolecular Hbond substituents is 1. The number of Topliss-reactive ketones (excluding diaryl/α,β-unsaturated/α-hetero) is 1. The number of rotatable bonds is 5. The Hall–Kier alpha value is -2.54. The van der Waals surface area contributed by atoms with E-state index in [1.165, 1.54) is 24.8 Å². The molecule has 2 aromatic carbocycles. The van der Waals surface area contributed by atoms with E-state index in [2.05, 4.69) is 0 Å². The number of benzene rings is 2. The van der Waals surface area contributed by atoms with Gasteiger partial charge in [-0.3, -0.25) is 9.59 Å². The van der Waals surface area contributed by atoms with E-state index in [0.717, 1.165) is 4.90 Å². The molecule has 0 spiro atoms. The zero-order valence-corrected chi connectivity index (χ0v) is 15.8. The van der Waals surface area contributed by atoms with Crippen LogP contribution in [-0.4, -0.2) is 53.6 Å². The molecule has 1 heterocycles. The monoisotopic (exact) mass is 388 g/mol. The van der Waals surface area contributed by atoms with Crippen LogP contribution in [0.25, 0.3) is 0 Å². The van der Waals surface area contributed by atoms with Crippen LogP contribution >= 0.6 is 11.8 Å². The summed E-state index contributed by atoms with van der Waals surface area (Å²) in [6.45, 7) is 3.57. The first kappa shape index (κ1) is 19.2. The van der Waals surface area contributed by atoms with Crippen LogP contribution in [0.5, 0.6) is 5.75 Å². The van der Waals surface area contributed by atoms with Gasteiger partial charge in [-0.25, -0.2) is 4.39 Å². The molecular weight excluding hydrogens is 367 g/mol. The number of thioether (sulfide) groups is 1. The number of amides is 1. The van der Waals surface area contributed by atoms with Gasteiger partial charge in [0, 0.05) is 36.6 Å². The first-order valence-corrected chi connectivity index (χ1v) is 9.67. The Labute approximate surface area is 161 Å². The van der Waals surface area contributed by atoms with E-state index in [0.29, 0.717) is 43.2 Å². The number of aromatic hydroxyl groups is 1. The molecule has 1 N–H and O–H groups in total. The van der Waals surface area contributed by atoms with Crippen molar-refractivity contribution in [3.05, 3.63) is 53.8 Å². The van der Waals surface area contributed by atoms with Gasteiger partial charge in [-0.1, -0.05) is 0 Å². The van der Waals surface area contributed by atoms with Crippen molar-refractivity contribution in [2.24, 2.45) is 0 Å². The number of carbonyl (C=O) groups is 2. The second-order valence-electron chi connectivity index (χ2n) is 6.37. The standard InChI is InChI=1S/C20H21FN2O3S/c1-14(24)15-2-7-19(18(21)12-15)22-8-10-23(11-9-22)20(26)13-27-17-5-3-16(25)4-6-17/h2-7,12,25H,8-11,13H2,1H3. The van der Waals surface area contributed by atoms with E-state index >= 15 is 0 Å². The minimum atomic E-state index is -0.412. The molecule has 3 rings (SSSR count). The van der Waals surface area contributed by atoms with Gasteiger partial charge in [0.25, 0.3) is 0 Å². The smallest absolute Gasteiger partial charge is 0.233 e. The van der Waals surface area contributed by atoms with Gasteiger partial charge < -0.3 is 14.9 Å². The van der Waals surface area contributed by atoms with Gasteiger partial charge in [-0.15, -0.1) is 11.8 Å². The third-order valence-electron chi connectivity index (χ3n) is 4.53. The normalized spacial score (nSPS) is 14.3. The summed E-state index contributed by atoms with van der Waals surface area (Å²) >= 11 is 1.43. The number of phenols is 1. The fourth-order valence-corrected chi connectivity index (χ4v) is 3.76. The molecule has 0 saturated carbocycles. The average molecular weight is 388 g/mol. The summed E-state index contributed by atoms with van der Waals surface area (Å²) in [7, 11) is 0. The largest absolute Gasteiger partial charge is 0.508 e. The number of hydrogen-bond donors (Lipinski definition) is 1. The van der Waals surface area contributed by atoms with Crippen LogP contribution in [0.3, 0.4) is 0 Å². The molecule has 1 saturated heterocycles. The maximum atomic E-state index is 14.3. The summed E-state index contributed by atoms with van der Waals surface area (Å²) < 4.78 is 14.3. The number of hydrogen-bond acceptors (Lipinski definition) is 5. The van der Waals surface area contributed by atoms with Crippen LogP contribution < -0.4 is 4.90 Å². The molecule has 7 heteroatoms. The summed E-state index contributed by atoms with van der Waals surface area (Å²) in [5.74, 6) is -0.00949. The fourth-order valence-electron chi connectivity index (χ4n) is 2.96. The molecule has 2 aromatic rings. The summed E-state index contributed by atoms with van der Waals surface area (Å²) in [4.78, 5) is 28.3. The lowest BCUT2D eigenvalue weighted by molar-refractivity contribution is -0.128. The van der Waals surface area contributed by atoms with E-state index in [-0.39, 0.29) is 17.4 Å². The maximum Gasteiger partial charge on any atom is 0.233 e. The van der Waals surface area contributed by atoms with Gasteiger partial charge in [0.15, 0.2) is 5.78 Å². The highest BCUT2D eigenvalue weighted by Crippen LogP contribution is 2.24. The molecule has 0 radical (unpaired) electrons. The van der Waals surface area contributed by atoms with Gasteiger partial charge in [0.05, 0.1) is 11.4 Å². The zero-order valence-electron chi connectivity index (χ0n) is 15.0. The highest BCUT2D eigenvalue weighted by Gasteiger charge is 2.23. The molecule has 0 aliphatic carbocycles. The first-order chi connectivity index (χ1) is 12.9. The molecule has 0 atom stereocenters. The molecular formula is C20H21FN2O3S.